The molecule has 4 nitrogen and oxygen atoms in total. The van der Waals surface area contributed by atoms with Crippen LogP contribution in [0.15, 0.2) is 30.3 Å². The van der Waals surface area contributed by atoms with E-state index in [-0.39, 0.29) is 17.6 Å². The Morgan fingerprint density at radius 1 is 1.29 bits per heavy atom. The van der Waals surface area contributed by atoms with Crippen molar-refractivity contribution in [3.8, 4) is 11.3 Å². The number of hydrogen-bond donors (Lipinski definition) is 1. The zero-order valence-corrected chi connectivity index (χ0v) is 13.8. The first kappa shape index (κ1) is 18.0. The predicted octanol–water partition coefficient (Wildman–Crippen LogP) is 4.12. The SMILES string of the molecule is CC[C@H](C)NC(=O)c1cc(-c2cccc(C(F)(F)F)c2)n(CC)n1. The van der Waals surface area contributed by atoms with Gasteiger partial charge >= 0.3 is 6.18 Å². The van der Waals surface area contributed by atoms with Crippen molar-refractivity contribution < 1.29 is 18.0 Å². The molecule has 0 bridgehead atoms. The second-order valence-electron chi connectivity index (χ2n) is 5.59. The average molecular weight is 339 g/mol. The number of hydrogen-bond acceptors (Lipinski definition) is 2. The van der Waals surface area contributed by atoms with Gasteiger partial charge in [0.05, 0.1) is 11.3 Å². The molecule has 1 aromatic carbocycles. The van der Waals surface area contributed by atoms with E-state index >= 15 is 0 Å². The fourth-order valence-corrected chi connectivity index (χ4v) is 2.26. The lowest BCUT2D eigenvalue weighted by Crippen LogP contribution is -2.32. The van der Waals surface area contributed by atoms with Crippen LogP contribution in [0.2, 0.25) is 0 Å². The molecule has 0 fully saturated rings. The molecule has 0 spiro atoms. The fourth-order valence-electron chi connectivity index (χ4n) is 2.26. The van der Waals surface area contributed by atoms with Crippen molar-refractivity contribution in [2.24, 2.45) is 0 Å². The summed E-state index contributed by atoms with van der Waals surface area (Å²) in [7, 11) is 0. The molecule has 7 heteroatoms. The minimum Gasteiger partial charge on any atom is -0.348 e. The van der Waals surface area contributed by atoms with Gasteiger partial charge in [-0.3, -0.25) is 9.48 Å². The standard InChI is InChI=1S/C17H20F3N3O/c1-4-11(3)21-16(24)14-10-15(23(5-2)22-14)12-7-6-8-13(9-12)17(18,19)20/h6-11H,4-5H2,1-3H3,(H,21,24)/t11-/m0/s1. The molecular formula is C17H20F3N3O. The van der Waals surface area contributed by atoms with E-state index in [4.69, 9.17) is 0 Å². The highest BCUT2D eigenvalue weighted by atomic mass is 19.4. The number of nitrogens with one attached hydrogen (secondary N) is 1. The zero-order valence-electron chi connectivity index (χ0n) is 13.8. The quantitative estimate of drug-likeness (QED) is 0.891. The minimum absolute atomic E-state index is 0.00119. The molecule has 0 saturated heterocycles. The first-order chi connectivity index (χ1) is 11.3. The molecule has 0 aliphatic heterocycles. The molecule has 0 unspecified atom stereocenters. The minimum atomic E-state index is -4.41. The Morgan fingerprint density at radius 3 is 2.58 bits per heavy atom. The number of halogens is 3. The van der Waals surface area contributed by atoms with E-state index in [2.05, 4.69) is 10.4 Å². The highest BCUT2D eigenvalue weighted by Crippen LogP contribution is 2.32. The number of aryl methyl sites for hydroxylation is 1. The average Bonchev–Trinajstić information content (AvgIpc) is 2.98. The van der Waals surface area contributed by atoms with Crippen LogP contribution in [0.1, 0.15) is 43.2 Å². The third-order valence-corrected chi connectivity index (χ3v) is 3.79. The van der Waals surface area contributed by atoms with Crippen LogP contribution in [0.5, 0.6) is 0 Å². The third-order valence-electron chi connectivity index (χ3n) is 3.79. The second-order valence-corrected chi connectivity index (χ2v) is 5.59. The number of amides is 1. The number of rotatable bonds is 5. The molecule has 0 saturated carbocycles. The third kappa shape index (κ3) is 3.96. The van der Waals surface area contributed by atoms with Gasteiger partial charge in [0, 0.05) is 18.2 Å². The Hall–Kier alpha value is -2.31. The van der Waals surface area contributed by atoms with Gasteiger partial charge in [-0.25, -0.2) is 0 Å². The smallest absolute Gasteiger partial charge is 0.348 e. The van der Waals surface area contributed by atoms with Gasteiger partial charge in [-0.15, -0.1) is 0 Å². The van der Waals surface area contributed by atoms with Gasteiger partial charge in [-0.1, -0.05) is 19.1 Å². The van der Waals surface area contributed by atoms with Crippen molar-refractivity contribution >= 4 is 5.91 Å². The van der Waals surface area contributed by atoms with E-state index in [0.717, 1.165) is 18.6 Å². The van der Waals surface area contributed by atoms with E-state index < -0.39 is 11.7 Å². The van der Waals surface area contributed by atoms with E-state index in [1.54, 1.807) is 6.07 Å². The Kier molecular flexibility index (Phi) is 5.31. The molecule has 2 rings (SSSR count). The van der Waals surface area contributed by atoms with Gasteiger partial charge in [0.1, 0.15) is 0 Å². The zero-order chi connectivity index (χ0) is 17.9. The van der Waals surface area contributed by atoms with Crippen LogP contribution in [-0.4, -0.2) is 21.7 Å². The highest BCUT2D eigenvalue weighted by Gasteiger charge is 2.30. The lowest BCUT2D eigenvalue weighted by molar-refractivity contribution is -0.137. The predicted molar refractivity (Wildman–Crippen MR) is 85.6 cm³/mol. The lowest BCUT2D eigenvalue weighted by Gasteiger charge is -2.09. The Balaban J connectivity index is 2.39. The van der Waals surface area contributed by atoms with E-state index in [1.807, 2.05) is 20.8 Å². The van der Waals surface area contributed by atoms with Crippen LogP contribution in [0.25, 0.3) is 11.3 Å². The summed E-state index contributed by atoms with van der Waals surface area (Å²) in [5, 5.41) is 7.01. The van der Waals surface area contributed by atoms with Crippen molar-refractivity contribution in [3.63, 3.8) is 0 Å². The Labute approximate surface area is 138 Å². The summed E-state index contributed by atoms with van der Waals surface area (Å²) < 4.78 is 40.2. The number of carbonyl (C=O) groups excluding carboxylic acids is 1. The Bertz CT molecular complexity index is 722. The van der Waals surface area contributed by atoms with Crippen LogP contribution in [0.4, 0.5) is 13.2 Å². The van der Waals surface area contributed by atoms with Crippen LogP contribution in [0.3, 0.4) is 0 Å². The second kappa shape index (κ2) is 7.07. The van der Waals surface area contributed by atoms with Gasteiger partial charge in [0.15, 0.2) is 5.69 Å². The van der Waals surface area contributed by atoms with Crippen LogP contribution < -0.4 is 5.32 Å². The Morgan fingerprint density at radius 2 is 2.00 bits per heavy atom. The van der Waals surface area contributed by atoms with Gasteiger partial charge in [0.2, 0.25) is 0 Å². The monoisotopic (exact) mass is 339 g/mol. The van der Waals surface area contributed by atoms with Crippen molar-refractivity contribution in [2.45, 2.75) is 46.0 Å². The molecule has 2 aromatic rings. The maximum atomic E-state index is 12.9. The van der Waals surface area contributed by atoms with Crippen molar-refractivity contribution in [1.82, 2.24) is 15.1 Å². The number of benzene rings is 1. The van der Waals surface area contributed by atoms with Crippen LogP contribution >= 0.6 is 0 Å². The van der Waals surface area contributed by atoms with E-state index in [1.165, 1.54) is 16.8 Å². The van der Waals surface area contributed by atoms with Crippen LogP contribution in [0, 0.1) is 0 Å². The molecule has 1 N–H and O–H groups in total. The number of nitrogens with zero attached hydrogens (tertiary/aromatic N) is 2. The molecule has 130 valence electrons. The molecule has 1 heterocycles. The molecule has 0 aliphatic rings. The summed E-state index contributed by atoms with van der Waals surface area (Å²) in [5.41, 5.74) is 0.332. The first-order valence-corrected chi connectivity index (χ1v) is 7.82. The largest absolute Gasteiger partial charge is 0.416 e. The maximum Gasteiger partial charge on any atom is 0.416 e. The number of alkyl halides is 3. The van der Waals surface area contributed by atoms with E-state index in [0.29, 0.717) is 17.8 Å². The summed E-state index contributed by atoms with van der Waals surface area (Å²) in [6, 6.07) is 6.54. The van der Waals surface area contributed by atoms with Crippen molar-refractivity contribution in [2.75, 3.05) is 0 Å². The number of aromatic nitrogens is 2. The number of carbonyl (C=O) groups is 1. The highest BCUT2D eigenvalue weighted by molar-refractivity contribution is 5.93. The van der Waals surface area contributed by atoms with Gasteiger partial charge in [-0.05, 0) is 38.5 Å². The van der Waals surface area contributed by atoms with Crippen molar-refractivity contribution in [3.05, 3.63) is 41.6 Å². The summed E-state index contributed by atoms with van der Waals surface area (Å²) in [5.74, 6) is -0.329. The molecule has 24 heavy (non-hydrogen) atoms. The normalized spacial score (nSPS) is 12.9. The molecule has 1 amide bonds. The summed E-state index contributed by atoms with van der Waals surface area (Å²) in [4.78, 5) is 12.2. The molecule has 1 aromatic heterocycles. The topological polar surface area (TPSA) is 46.9 Å². The summed E-state index contributed by atoms with van der Waals surface area (Å²) >= 11 is 0. The molecule has 1 atom stereocenters. The summed E-state index contributed by atoms with van der Waals surface area (Å²) in [6.45, 7) is 6.09. The molecule has 0 aliphatic carbocycles. The van der Waals surface area contributed by atoms with Gasteiger partial charge < -0.3 is 5.32 Å². The van der Waals surface area contributed by atoms with E-state index in [9.17, 15) is 18.0 Å². The van der Waals surface area contributed by atoms with Crippen LogP contribution in [-0.2, 0) is 12.7 Å². The maximum absolute atomic E-state index is 12.9. The molecule has 0 radical (unpaired) electrons. The van der Waals surface area contributed by atoms with Crippen molar-refractivity contribution in [1.29, 1.82) is 0 Å². The lowest BCUT2D eigenvalue weighted by atomic mass is 10.1. The fraction of sp³-hybridized carbons (Fsp3) is 0.412. The summed E-state index contributed by atoms with van der Waals surface area (Å²) in [6.07, 6.45) is -3.63. The molecular weight excluding hydrogens is 319 g/mol. The first-order valence-electron chi connectivity index (χ1n) is 7.82. The van der Waals surface area contributed by atoms with Gasteiger partial charge in [0.25, 0.3) is 5.91 Å². The van der Waals surface area contributed by atoms with Gasteiger partial charge in [-0.2, -0.15) is 18.3 Å².